The summed E-state index contributed by atoms with van der Waals surface area (Å²) in [5.74, 6) is 0.0781. The third-order valence-electron chi connectivity index (χ3n) is 2.16. The number of hydrogen-bond donors (Lipinski definition) is 3. The zero-order valence-corrected chi connectivity index (χ0v) is 9.07. The number of anilines is 2. The maximum absolute atomic E-state index is 9.67. The predicted octanol–water partition coefficient (Wildman–Crippen LogP) is 3.49. The average Bonchev–Trinajstić information content (AvgIpc) is 2.28. The number of para-hydroxylation sites is 3. The van der Waals surface area contributed by atoms with Crippen molar-refractivity contribution in [2.45, 2.75) is 0 Å². The topological polar surface area (TPSA) is 52.5 Å². The molecule has 16 heavy (non-hydrogen) atoms. The smallest absolute Gasteiger partial charge is 0.157 e. The van der Waals surface area contributed by atoms with E-state index in [2.05, 4.69) is 5.32 Å². The van der Waals surface area contributed by atoms with E-state index in [1.54, 1.807) is 42.5 Å². The average molecular weight is 236 g/mol. The lowest BCUT2D eigenvalue weighted by molar-refractivity contribution is 0.475. The molecule has 82 valence electrons. The van der Waals surface area contributed by atoms with Crippen LogP contribution in [-0.4, -0.2) is 10.2 Å². The fraction of sp³-hybridized carbons (Fsp3) is 0. The first-order chi connectivity index (χ1) is 7.68. The molecule has 2 rings (SSSR count). The third-order valence-corrected chi connectivity index (χ3v) is 2.47. The molecule has 0 unspecified atom stereocenters. The van der Waals surface area contributed by atoms with Crippen LogP contribution >= 0.6 is 11.6 Å². The van der Waals surface area contributed by atoms with Gasteiger partial charge in [-0.05, 0) is 24.3 Å². The molecule has 0 aliphatic heterocycles. The molecule has 0 aliphatic carbocycles. The van der Waals surface area contributed by atoms with Crippen LogP contribution in [0.1, 0.15) is 0 Å². The van der Waals surface area contributed by atoms with Crippen molar-refractivity contribution >= 4 is 23.0 Å². The molecule has 0 bridgehead atoms. The molecule has 0 aliphatic rings. The van der Waals surface area contributed by atoms with Gasteiger partial charge in [0, 0.05) is 0 Å². The zero-order chi connectivity index (χ0) is 11.5. The Morgan fingerprint density at radius 2 is 1.56 bits per heavy atom. The highest BCUT2D eigenvalue weighted by Gasteiger charge is 2.06. The SMILES string of the molecule is Oc1ccccc1Nc1cccc(Cl)c1O. The van der Waals surface area contributed by atoms with Gasteiger partial charge in [0.2, 0.25) is 0 Å². The van der Waals surface area contributed by atoms with E-state index in [1.807, 2.05) is 0 Å². The normalized spacial score (nSPS) is 10.1. The lowest BCUT2D eigenvalue weighted by Crippen LogP contribution is -1.91. The number of phenols is 2. The first-order valence-corrected chi connectivity index (χ1v) is 5.09. The van der Waals surface area contributed by atoms with E-state index in [9.17, 15) is 10.2 Å². The molecule has 2 aromatic rings. The Kier molecular flexibility index (Phi) is 2.88. The van der Waals surface area contributed by atoms with Crippen LogP contribution in [0.4, 0.5) is 11.4 Å². The largest absolute Gasteiger partial charge is 0.506 e. The molecule has 3 nitrogen and oxygen atoms in total. The molecular formula is C12H10ClNO2. The molecule has 0 aromatic heterocycles. The van der Waals surface area contributed by atoms with Gasteiger partial charge in [-0.2, -0.15) is 0 Å². The highest BCUT2D eigenvalue weighted by Crippen LogP contribution is 2.35. The fourth-order valence-electron chi connectivity index (χ4n) is 1.34. The van der Waals surface area contributed by atoms with Gasteiger partial charge in [-0.25, -0.2) is 0 Å². The van der Waals surface area contributed by atoms with Gasteiger partial charge in [-0.1, -0.05) is 29.8 Å². The summed E-state index contributed by atoms with van der Waals surface area (Å²) in [5.41, 5.74) is 0.967. The van der Waals surface area contributed by atoms with Gasteiger partial charge in [-0.3, -0.25) is 0 Å². The van der Waals surface area contributed by atoms with Crippen molar-refractivity contribution in [3.63, 3.8) is 0 Å². The van der Waals surface area contributed by atoms with Crippen molar-refractivity contribution in [1.82, 2.24) is 0 Å². The Morgan fingerprint density at radius 1 is 0.875 bits per heavy atom. The van der Waals surface area contributed by atoms with Crippen LogP contribution in [0.5, 0.6) is 11.5 Å². The van der Waals surface area contributed by atoms with Crippen molar-refractivity contribution in [2.24, 2.45) is 0 Å². The second-order valence-electron chi connectivity index (χ2n) is 3.28. The number of aromatic hydroxyl groups is 2. The predicted molar refractivity (Wildman–Crippen MR) is 64.5 cm³/mol. The van der Waals surface area contributed by atoms with Crippen LogP contribution in [0.25, 0.3) is 0 Å². The maximum Gasteiger partial charge on any atom is 0.157 e. The Labute approximate surface area is 97.9 Å². The highest BCUT2D eigenvalue weighted by atomic mass is 35.5. The van der Waals surface area contributed by atoms with Crippen molar-refractivity contribution in [1.29, 1.82) is 0 Å². The molecule has 3 N–H and O–H groups in total. The summed E-state index contributed by atoms with van der Waals surface area (Å²) in [4.78, 5) is 0. The fourth-order valence-corrected chi connectivity index (χ4v) is 1.52. The molecule has 0 fully saturated rings. The Hall–Kier alpha value is -1.87. The monoisotopic (exact) mass is 235 g/mol. The summed E-state index contributed by atoms with van der Waals surface area (Å²) in [7, 11) is 0. The number of benzene rings is 2. The third kappa shape index (κ3) is 2.04. The Morgan fingerprint density at radius 3 is 2.31 bits per heavy atom. The number of rotatable bonds is 2. The van der Waals surface area contributed by atoms with Crippen molar-refractivity contribution < 1.29 is 10.2 Å². The van der Waals surface area contributed by atoms with Crippen molar-refractivity contribution in [3.05, 3.63) is 47.5 Å². The first kappa shape index (κ1) is 10.6. The van der Waals surface area contributed by atoms with Gasteiger partial charge in [0.15, 0.2) is 5.75 Å². The van der Waals surface area contributed by atoms with E-state index in [4.69, 9.17) is 11.6 Å². The maximum atomic E-state index is 9.67. The molecular weight excluding hydrogens is 226 g/mol. The van der Waals surface area contributed by atoms with Gasteiger partial charge in [0.25, 0.3) is 0 Å². The van der Waals surface area contributed by atoms with Gasteiger partial charge in [0.05, 0.1) is 16.4 Å². The van der Waals surface area contributed by atoms with Gasteiger partial charge in [0.1, 0.15) is 5.75 Å². The number of halogens is 1. The minimum Gasteiger partial charge on any atom is -0.506 e. The van der Waals surface area contributed by atoms with Crippen molar-refractivity contribution in [3.8, 4) is 11.5 Å². The first-order valence-electron chi connectivity index (χ1n) is 4.71. The van der Waals surface area contributed by atoms with Crippen LogP contribution in [0.2, 0.25) is 5.02 Å². The van der Waals surface area contributed by atoms with Crippen LogP contribution in [0.3, 0.4) is 0 Å². The van der Waals surface area contributed by atoms with E-state index >= 15 is 0 Å². The van der Waals surface area contributed by atoms with E-state index < -0.39 is 0 Å². The van der Waals surface area contributed by atoms with E-state index in [-0.39, 0.29) is 16.5 Å². The summed E-state index contributed by atoms with van der Waals surface area (Å²) in [6.45, 7) is 0. The van der Waals surface area contributed by atoms with Crippen LogP contribution in [0.15, 0.2) is 42.5 Å². The molecule has 0 saturated carbocycles. The summed E-state index contributed by atoms with van der Waals surface area (Å²) in [5, 5.41) is 22.4. The van der Waals surface area contributed by atoms with Gasteiger partial charge in [-0.15, -0.1) is 0 Å². The van der Waals surface area contributed by atoms with Crippen LogP contribution < -0.4 is 5.32 Å². The second-order valence-corrected chi connectivity index (χ2v) is 3.69. The Balaban J connectivity index is 2.35. The highest BCUT2D eigenvalue weighted by molar-refractivity contribution is 6.32. The molecule has 4 heteroatoms. The quantitative estimate of drug-likeness (QED) is 0.699. The molecule has 0 heterocycles. The molecule has 0 spiro atoms. The standard InChI is InChI=1S/C12H10ClNO2/c13-8-4-3-6-10(12(8)16)14-9-5-1-2-7-11(9)15/h1-7,14-16H. The van der Waals surface area contributed by atoms with Crippen LogP contribution in [0, 0.1) is 0 Å². The summed E-state index contributed by atoms with van der Waals surface area (Å²) >= 11 is 5.77. The Bertz CT molecular complexity index is 514. The van der Waals surface area contributed by atoms with E-state index in [1.165, 1.54) is 0 Å². The minimum atomic E-state index is -0.0348. The van der Waals surface area contributed by atoms with Crippen LogP contribution in [-0.2, 0) is 0 Å². The summed E-state index contributed by atoms with van der Waals surface area (Å²) < 4.78 is 0. The minimum absolute atomic E-state index is 0.0348. The molecule has 0 atom stereocenters. The summed E-state index contributed by atoms with van der Waals surface area (Å²) in [6, 6.07) is 11.7. The number of hydrogen-bond acceptors (Lipinski definition) is 3. The van der Waals surface area contributed by atoms with Crippen molar-refractivity contribution in [2.75, 3.05) is 5.32 Å². The summed E-state index contributed by atoms with van der Waals surface area (Å²) in [6.07, 6.45) is 0. The van der Waals surface area contributed by atoms with E-state index in [0.29, 0.717) is 11.4 Å². The van der Waals surface area contributed by atoms with E-state index in [0.717, 1.165) is 0 Å². The van der Waals surface area contributed by atoms with Gasteiger partial charge < -0.3 is 15.5 Å². The molecule has 0 amide bonds. The molecule has 2 aromatic carbocycles. The molecule has 0 radical (unpaired) electrons. The second kappa shape index (κ2) is 4.33. The lowest BCUT2D eigenvalue weighted by atomic mass is 10.2. The zero-order valence-electron chi connectivity index (χ0n) is 8.31. The number of nitrogens with one attached hydrogen (secondary N) is 1. The number of phenolic OH excluding ortho intramolecular Hbond substituents is 2. The lowest BCUT2D eigenvalue weighted by Gasteiger charge is -2.10. The molecule has 0 saturated heterocycles. The van der Waals surface area contributed by atoms with Gasteiger partial charge >= 0.3 is 0 Å².